The van der Waals surface area contributed by atoms with Gasteiger partial charge in [0, 0.05) is 29.2 Å². The summed E-state index contributed by atoms with van der Waals surface area (Å²) in [4.78, 5) is 16.1. The third kappa shape index (κ3) is 3.34. The van der Waals surface area contributed by atoms with Gasteiger partial charge in [-0.25, -0.2) is 0 Å². The number of nitrogens with one attached hydrogen (secondary N) is 1. The summed E-state index contributed by atoms with van der Waals surface area (Å²) in [6, 6.07) is 20.2. The first-order valence-electron chi connectivity index (χ1n) is 8.00. The summed E-state index contributed by atoms with van der Waals surface area (Å²) in [7, 11) is 0. The van der Waals surface area contributed by atoms with Crippen molar-refractivity contribution in [2.75, 3.05) is 5.32 Å². The predicted molar refractivity (Wildman–Crippen MR) is 97.4 cm³/mol. The molecule has 126 valence electrons. The Bertz CT molecular complexity index is 1010. The van der Waals surface area contributed by atoms with Crippen LogP contribution in [-0.4, -0.2) is 21.1 Å². The van der Waals surface area contributed by atoms with E-state index in [2.05, 4.69) is 20.5 Å². The first-order valence-corrected chi connectivity index (χ1v) is 8.00. The number of carbonyl (C=O) groups excluding carboxylic acids is 1. The summed E-state index contributed by atoms with van der Waals surface area (Å²) in [5, 5.41) is 11.0. The Labute approximate surface area is 149 Å². The van der Waals surface area contributed by atoms with E-state index in [4.69, 9.17) is 4.42 Å². The van der Waals surface area contributed by atoms with E-state index in [1.807, 2.05) is 42.5 Å². The number of anilines is 1. The second-order valence-corrected chi connectivity index (χ2v) is 5.55. The van der Waals surface area contributed by atoms with Gasteiger partial charge in [-0.2, -0.15) is 0 Å². The zero-order valence-electron chi connectivity index (χ0n) is 13.7. The van der Waals surface area contributed by atoms with Crippen LogP contribution in [0.5, 0.6) is 0 Å². The van der Waals surface area contributed by atoms with Crippen LogP contribution in [0.2, 0.25) is 0 Å². The number of amides is 1. The fourth-order valence-corrected chi connectivity index (χ4v) is 2.43. The van der Waals surface area contributed by atoms with Crippen molar-refractivity contribution in [3.63, 3.8) is 0 Å². The number of pyridine rings is 1. The Morgan fingerprint density at radius 3 is 2.15 bits per heavy atom. The Kier molecular flexibility index (Phi) is 4.22. The average Bonchev–Trinajstić information content (AvgIpc) is 3.20. The van der Waals surface area contributed by atoms with Crippen molar-refractivity contribution in [1.29, 1.82) is 0 Å². The van der Waals surface area contributed by atoms with E-state index in [1.165, 1.54) is 6.20 Å². The van der Waals surface area contributed by atoms with E-state index in [1.54, 1.807) is 30.5 Å². The highest BCUT2D eigenvalue weighted by atomic mass is 16.4. The van der Waals surface area contributed by atoms with Gasteiger partial charge in [-0.15, -0.1) is 10.2 Å². The van der Waals surface area contributed by atoms with Crippen molar-refractivity contribution in [1.82, 2.24) is 15.2 Å². The van der Waals surface area contributed by atoms with Crippen molar-refractivity contribution in [2.24, 2.45) is 0 Å². The number of hydrogen-bond donors (Lipinski definition) is 1. The standard InChI is InChI=1S/C20H14N4O2/c25-18(16-7-4-12-21-13-16)22-17-10-8-15(9-11-17)20-24-23-19(26-20)14-5-2-1-3-6-14/h1-13H,(H,22,25). The monoisotopic (exact) mass is 342 g/mol. The second-order valence-electron chi connectivity index (χ2n) is 5.55. The minimum atomic E-state index is -0.213. The number of carbonyl (C=O) groups is 1. The molecular formula is C20H14N4O2. The van der Waals surface area contributed by atoms with Gasteiger partial charge in [0.25, 0.3) is 5.91 Å². The fourth-order valence-electron chi connectivity index (χ4n) is 2.43. The third-order valence-corrected chi connectivity index (χ3v) is 3.76. The molecule has 6 heteroatoms. The van der Waals surface area contributed by atoms with Crippen LogP contribution in [0.4, 0.5) is 5.69 Å². The molecule has 1 amide bonds. The van der Waals surface area contributed by atoms with Crippen LogP contribution in [0.15, 0.2) is 83.5 Å². The minimum absolute atomic E-state index is 0.213. The van der Waals surface area contributed by atoms with Gasteiger partial charge in [0.15, 0.2) is 0 Å². The summed E-state index contributed by atoms with van der Waals surface area (Å²) in [6.07, 6.45) is 3.15. The van der Waals surface area contributed by atoms with Crippen LogP contribution < -0.4 is 5.32 Å². The van der Waals surface area contributed by atoms with Gasteiger partial charge in [-0.05, 0) is 48.5 Å². The molecule has 0 aliphatic heterocycles. The number of rotatable bonds is 4. The molecule has 0 aliphatic rings. The van der Waals surface area contributed by atoms with Crippen LogP contribution in [0, 0.1) is 0 Å². The van der Waals surface area contributed by atoms with E-state index in [0.717, 1.165) is 11.1 Å². The van der Waals surface area contributed by atoms with E-state index in [9.17, 15) is 4.79 Å². The minimum Gasteiger partial charge on any atom is -0.416 e. The topological polar surface area (TPSA) is 80.9 Å². The maximum Gasteiger partial charge on any atom is 0.257 e. The molecule has 0 aliphatic carbocycles. The van der Waals surface area contributed by atoms with E-state index in [0.29, 0.717) is 23.0 Å². The predicted octanol–water partition coefficient (Wildman–Crippen LogP) is 4.05. The average molecular weight is 342 g/mol. The summed E-state index contributed by atoms with van der Waals surface area (Å²) < 4.78 is 5.73. The number of benzene rings is 2. The van der Waals surface area contributed by atoms with Gasteiger partial charge in [0.05, 0.1) is 5.56 Å². The van der Waals surface area contributed by atoms with Crippen LogP contribution in [0.3, 0.4) is 0 Å². The lowest BCUT2D eigenvalue weighted by Gasteiger charge is -2.05. The van der Waals surface area contributed by atoms with Crippen LogP contribution >= 0.6 is 0 Å². The lowest BCUT2D eigenvalue weighted by atomic mass is 10.2. The van der Waals surface area contributed by atoms with Gasteiger partial charge < -0.3 is 9.73 Å². The van der Waals surface area contributed by atoms with Crippen molar-refractivity contribution in [3.8, 4) is 22.9 Å². The highest BCUT2D eigenvalue weighted by Crippen LogP contribution is 2.24. The summed E-state index contributed by atoms with van der Waals surface area (Å²) >= 11 is 0. The molecule has 2 aromatic carbocycles. The first-order chi connectivity index (χ1) is 12.8. The Balaban J connectivity index is 1.50. The molecule has 4 aromatic rings. The molecule has 0 saturated heterocycles. The van der Waals surface area contributed by atoms with Crippen LogP contribution in [0.25, 0.3) is 22.9 Å². The lowest BCUT2D eigenvalue weighted by Crippen LogP contribution is -2.11. The quantitative estimate of drug-likeness (QED) is 0.605. The number of hydrogen-bond acceptors (Lipinski definition) is 5. The molecule has 1 N–H and O–H groups in total. The number of nitrogens with zero attached hydrogens (tertiary/aromatic N) is 3. The van der Waals surface area contributed by atoms with E-state index < -0.39 is 0 Å². The smallest absolute Gasteiger partial charge is 0.257 e. The molecule has 2 aromatic heterocycles. The highest BCUT2D eigenvalue weighted by Gasteiger charge is 2.11. The summed E-state index contributed by atoms with van der Waals surface area (Å²) in [5.41, 5.74) is 2.82. The van der Waals surface area contributed by atoms with Crippen molar-refractivity contribution in [2.45, 2.75) is 0 Å². The molecule has 6 nitrogen and oxygen atoms in total. The van der Waals surface area contributed by atoms with Gasteiger partial charge in [0.2, 0.25) is 11.8 Å². The molecule has 0 fully saturated rings. The normalized spacial score (nSPS) is 10.5. The molecule has 0 radical (unpaired) electrons. The first kappa shape index (κ1) is 15.7. The number of aromatic nitrogens is 3. The zero-order chi connectivity index (χ0) is 17.8. The molecule has 0 unspecified atom stereocenters. The Hall–Kier alpha value is -3.80. The highest BCUT2D eigenvalue weighted by molar-refractivity contribution is 6.04. The molecule has 2 heterocycles. The van der Waals surface area contributed by atoms with Crippen molar-refractivity contribution < 1.29 is 9.21 Å². The van der Waals surface area contributed by atoms with Crippen LogP contribution in [0.1, 0.15) is 10.4 Å². The van der Waals surface area contributed by atoms with Crippen molar-refractivity contribution >= 4 is 11.6 Å². The van der Waals surface area contributed by atoms with Gasteiger partial charge >= 0.3 is 0 Å². The third-order valence-electron chi connectivity index (χ3n) is 3.76. The van der Waals surface area contributed by atoms with Gasteiger partial charge in [0.1, 0.15) is 0 Å². The molecule has 4 rings (SSSR count). The SMILES string of the molecule is O=C(Nc1ccc(-c2nnc(-c3ccccc3)o2)cc1)c1cccnc1. The van der Waals surface area contributed by atoms with Crippen LogP contribution in [-0.2, 0) is 0 Å². The summed E-state index contributed by atoms with van der Waals surface area (Å²) in [5.74, 6) is 0.679. The van der Waals surface area contributed by atoms with Gasteiger partial charge in [-0.3, -0.25) is 9.78 Å². The Morgan fingerprint density at radius 1 is 0.808 bits per heavy atom. The molecule has 26 heavy (non-hydrogen) atoms. The molecule has 0 spiro atoms. The molecule has 0 atom stereocenters. The van der Waals surface area contributed by atoms with Gasteiger partial charge in [-0.1, -0.05) is 18.2 Å². The van der Waals surface area contributed by atoms with Crippen molar-refractivity contribution in [3.05, 3.63) is 84.7 Å². The molecular weight excluding hydrogens is 328 g/mol. The zero-order valence-corrected chi connectivity index (χ0v) is 13.7. The fraction of sp³-hybridized carbons (Fsp3) is 0. The molecule has 0 saturated carbocycles. The van der Waals surface area contributed by atoms with E-state index >= 15 is 0 Å². The van der Waals surface area contributed by atoms with E-state index in [-0.39, 0.29) is 5.91 Å². The molecule has 0 bridgehead atoms. The lowest BCUT2D eigenvalue weighted by molar-refractivity contribution is 0.102. The Morgan fingerprint density at radius 2 is 1.50 bits per heavy atom. The largest absolute Gasteiger partial charge is 0.416 e. The second kappa shape index (κ2) is 6.98. The maximum atomic E-state index is 12.1. The summed E-state index contributed by atoms with van der Waals surface area (Å²) in [6.45, 7) is 0. The maximum absolute atomic E-state index is 12.1.